The topological polar surface area (TPSA) is 108 Å². The minimum atomic E-state index is -3.43. The Hall–Kier alpha value is -2.26. The van der Waals surface area contributed by atoms with Gasteiger partial charge in [0.2, 0.25) is 15.9 Å². The summed E-state index contributed by atoms with van der Waals surface area (Å²) in [5, 5.41) is 8.67. The first kappa shape index (κ1) is 19.1. The minimum Gasteiger partial charge on any atom is -0.478 e. The van der Waals surface area contributed by atoms with Crippen LogP contribution in [0, 0.1) is 0 Å². The van der Waals surface area contributed by atoms with E-state index < -0.39 is 21.9 Å². The number of carbonyl (C=O) groups excluding carboxylic acids is 1. The van der Waals surface area contributed by atoms with Crippen molar-refractivity contribution in [2.24, 2.45) is 0 Å². The molecule has 1 aromatic rings. The number of nitrogens with zero attached hydrogens (tertiary/aromatic N) is 3. The van der Waals surface area contributed by atoms with Crippen molar-refractivity contribution in [3.8, 4) is 0 Å². The van der Waals surface area contributed by atoms with E-state index in [1.165, 1.54) is 9.21 Å². The van der Waals surface area contributed by atoms with E-state index in [4.69, 9.17) is 5.11 Å². The highest BCUT2D eigenvalue weighted by molar-refractivity contribution is 7.89. The molecule has 136 valence electrons. The Morgan fingerprint density at radius 2 is 1.84 bits per heavy atom. The van der Waals surface area contributed by atoms with Gasteiger partial charge < -0.3 is 10.0 Å². The number of hydrogen-bond acceptors (Lipinski definition) is 5. The molecule has 9 heteroatoms. The van der Waals surface area contributed by atoms with E-state index in [-0.39, 0.29) is 18.8 Å². The summed E-state index contributed by atoms with van der Waals surface area (Å²) in [6, 6.07) is 3.44. The zero-order valence-electron chi connectivity index (χ0n) is 13.7. The maximum Gasteiger partial charge on any atom is 0.328 e. The number of carboxylic acid groups (broad SMARTS) is 1. The average molecular weight is 367 g/mol. The van der Waals surface area contributed by atoms with E-state index in [1.807, 2.05) is 0 Å². The van der Waals surface area contributed by atoms with Crippen molar-refractivity contribution in [2.45, 2.75) is 19.4 Å². The molecule has 1 aromatic heterocycles. The van der Waals surface area contributed by atoms with E-state index in [0.717, 1.165) is 30.6 Å². The summed E-state index contributed by atoms with van der Waals surface area (Å²) in [4.78, 5) is 28.1. The first-order valence-corrected chi connectivity index (χ1v) is 9.56. The number of sulfonamides is 1. The molecule has 8 nitrogen and oxygen atoms in total. The maximum absolute atomic E-state index is 12.3. The Morgan fingerprint density at radius 1 is 1.20 bits per heavy atom. The third-order valence-electron chi connectivity index (χ3n) is 3.88. The molecule has 25 heavy (non-hydrogen) atoms. The first-order chi connectivity index (χ1) is 11.9. The van der Waals surface area contributed by atoms with Crippen molar-refractivity contribution in [1.82, 2.24) is 14.2 Å². The van der Waals surface area contributed by atoms with Gasteiger partial charge in [0.1, 0.15) is 0 Å². The van der Waals surface area contributed by atoms with Gasteiger partial charge in [0.25, 0.3) is 0 Å². The minimum absolute atomic E-state index is 0.00997. The average Bonchev–Trinajstić information content (AvgIpc) is 3.13. The lowest BCUT2D eigenvalue weighted by atomic mass is 10.2. The molecule has 0 bridgehead atoms. The van der Waals surface area contributed by atoms with E-state index >= 15 is 0 Å². The van der Waals surface area contributed by atoms with Crippen LogP contribution in [0.5, 0.6) is 0 Å². The molecule has 0 atom stereocenters. The molecule has 0 spiro atoms. The molecular weight excluding hydrogens is 346 g/mol. The van der Waals surface area contributed by atoms with Gasteiger partial charge in [-0.25, -0.2) is 17.5 Å². The number of pyridine rings is 1. The van der Waals surface area contributed by atoms with Gasteiger partial charge in [-0.05, 0) is 30.5 Å². The van der Waals surface area contributed by atoms with Gasteiger partial charge in [-0.2, -0.15) is 0 Å². The summed E-state index contributed by atoms with van der Waals surface area (Å²) < 4.78 is 26.1. The molecule has 1 N–H and O–H groups in total. The summed E-state index contributed by atoms with van der Waals surface area (Å²) >= 11 is 0. The first-order valence-electron chi connectivity index (χ1n) is 7.95. The van der Waals surface area contributed by atoms with Crippen molar-refractivity contribution in [3.63, 3.8) is 0 Å². The maximum atomic E-state index is 12.3. The highest BCUT2D eigenvalue weighted by Crippen LogP contribution is 2.14. The van der Waals surface area contributed by atoms with E-state index in [2.05, 4.69) is 4.98 Å². The molecule has 0 aliphatic carbocycles. The Balaban J connectivity index is 2.07. The lowest BCUT2D eigenvalue weighted by Crippen LogP contribution is -2.38. The molecule has 0 saturated carbocycles. The van der Waals surface area contributed by atoms with Crippen LogP contribution in [-0.4, -0.2) is 65.0 Å². The Bertz CT molecular complexity index is 727. The number of hydrogen-bond donors (Lipinski definition) is 1. The van der Waals surface area contributed by atoms with Gasteiger partial charge in [0, 0.05) is 50.7 Å². The molecule has 1 amide bonds. The van der Waals surface area contributed by atoms with Gasteiger partial charge in [-0.1, -0.05) is 0 Å². The Kier molecular flexibility index (Phi) is 6.65. The quantitative estimate of drug-likeness (QED) is 0.670. The fourth-order valence-electron chi connectivity index (χ4n) is 2.54. The second kappa shape index (κ2) is 8.72. The Morgan fingerprint density at radius 3 is 2.44 bits per heavy atom. The summed E-state index contributed by atoms with van der Waals surface area (Å²) in [7, 11) is -3.43. The standard InChI is InChI=1S/C16H21N3O5S/c20-15(3-4-16(21)22)18(13-14-5-7-17-8-6-14)11-12-25(23,24)19-9-1-2-10-19/h3-8H,1-2,9-13H2,(H,21,22). The monoisotopic (exact) mass is 367 g/mol. The fourth-order valence-corrected chi connectivity index (χ4v) is 4.07. The van der Waals surface area contributed by atoms with E-state index in [0.29, 0.717) is 13.1 Å². The predicted octanol–water partition coefficient (Wildman–Crippen LogP) is 0.477. The molecule has 0 unspecified atom stereocenters. The van der Waals surface area contributed by atoms with Crippen LogP contribution in [0.1, 0.15) is 18.4 Å². The summed E-state index contributed by atoms with van der Waals surface area (Å²) in [6.45, 7) is 1.20. The van der Waals surface area contributed by atoms with Crippen LogP contribution >= 0.6 is 0 Å². The van der Waals surface area contributed by atoms with Gasteiger partial charge in [0.15, 0.2) is 0 Å². The summed E-state index contributed by atoms with van der Waals surface area (Å²) in [5.74, 6) is -1.97. The summed E-state index contributed by atoms with van der Waals surface area (Å²) in [5.41, 5.74) is 0.783. The number of amides is 1. The van der Waals surface area contributed by atoms with Gasteiger partial charge in [-0.3, -0.25) is 9.78 Å². The molecular formula is C16H21N3O5S. The number of carboxylic acids is 1. The van der Waals surface area contributed by atoms with Crippen LogP contribution in [0.4, 0.5) is 0 Å². The molecule has 2 rings (SSSR count). The van der Waals surface area contributed by atoms with Crippen molar-refractivity contribution < 1.29 is 23.1 Å². The molecule has 1 aliphatic heterocycles. The van der Waals surface area contributed by atoms with Crippen molar-refractivity contribution in [2.75, 3.05) is 25.4 Å². The number of rotatable bonds is 8. The van der Waals surface area contributed by atoms with Crippen LogP contribution in [-0.2, 0) is 26.2 Å². The third-order valence-corrected chi connectivity index (χ3v) is 5.73. The second-order valence-electron chi connectivity index (χ2n) is 5.71. The molecule has 1 saturated heterocycles. The van der Waals surface area contributed by atoms with Crippen LogP contribution in [0.25, 0.3) is 0 Å². The lowest BCUT2D eigenvalue weighted by molar-refractivity contribution is -0.132. The Labute approximate surface area is 146 Å². The van der Waals surface area contributed by atoms with E-state index in [1.54, 1.807) is 24.5 Å². The smallest absolute Gasteiger partial charge is 0.328 e. The van der Waals surface area contributed by atoms with Gasteiger partial charge in [-0.15, -0.1) is 0 Å². The molecule has 0 aromatic carbocycles. The largest absolute Gasteiger partial charge is 0.478 e. The third kappa shape index (κ3) is 5.95. The molecule has 1 fully saturated rings. The zero-order valence-corrected chi connectivity index (χ0v) is 14.6. The molecule has 1 aliphatic rings. The fraction of sp³-hybridized carbons (Fsp3) is 0.438. The molecule has 0 radical (unpaired) electrons. The zero-order chi connectivity index (χ0) is 18.3. The second-order valence-corrected chi connectivity index (χ2v) is 7.80. The molecule has 2 heterocycles. The number of aromatic nitrogens is 1. The van der Waals surface area contributed by atoms with Crippen molar-refractivity contribution in [3.05, 3.63) is 42.2 Å². The van der Waals surface area contributed by atoms with Crippen LogP contribution in [0.2, 0.25) is 0 Å². The highest BCUT2D eigenvalue weighted by Gasteiger charge is 2.26. The number of aliphatic carboxylic acids is 1. The van der Waals surface area contributed by atoms with Gasteiger partial charge in [0.05, 0.1) is 5.75 Å². The summed E-state index contributed by atoms with van der Waals surface area (Å²) in [6.07, 6.45) is 6.53. The lowest BCUT2D eigenvalue weighted by Gasteiger charge is -2.23. The predicted molar refractivity (Wildman–Crippen MR) is 91.0 cm³/mol. The van der Waals surface area contributed by atoms with Crippen molar-refractivity contribution in [1.29, 1.82) is 0 Å². The van der Waals surface area contributed by atoms with Crippen LogP contribution in [0.15, 0.2) is 36.7 Å². The van der Waals surface area contributed by atoms with Crippen LogP contribution in [0.3, 0.4) is 0 Å². The van der Waals surface area contributed by atoms with E-state index in [9.17, 15) is 18.0 Å². The van der Waals surface area contributed by atoms with Crippen LogP contribution < -0.4 is 0 Å². The highest BCUT2D eigenvalue weighted by atomic mass is 32.2. The van der Waals surface area contributed by atoms with Gasteiger partial charge >= 0.3 is 5.97 Å². The number of carbonyl (C=O) groups is 2. The SMILES string of the molecule is O=C(O)C=CC(=O)N(CCS(=O)(=O)N1CCCC1)Cc1ccncc1. The van der Waals surface area contributed by atoms with Crippen molar-refractivity contribution >= 4 is 21.9 Å². The normalized spacial score (nSPS) is 15.5.